The molecular weight excluding hydrogens is 290 g/mol. The summed E-state index contributed by atoms with van der Waals surface area (Å²) < 4.78 is 2.47. The summed E-state index contributed by atoms with van der Waals surface area (Å²) in [6, 6.07) is 32.4. The van der Waals surface area contributed by atoms with Crippen LogP contribution in [-0.2, 0) is 13.0 Å². The van der Waals surface area contributed by atoms with Gasteiger partial charge in [-0.15, -0.1) is 0 Å². The van der Waals surface area contributed by atoms with E-state index in [1.807, 2.05) is 0 Å². The van der Waals surface area contributed by atoms with Crippen LogP contribution in [0.25, 0.3) is 22.2 Å². The van der Waals surface area contributed by atoms with Gasteiger partial charge in [-0.1, -0.05) is 78.9 Å². The second kappa shape index (κ2) is 6.76. The third kappa shape index (κ3) is 2.98. The molecule has 1 heterocycles. The molecule has 0 saturated heterocycles. The van der Waals surface area contributed by atoms with Gasteiger partial charge in [0.15, 0.2) is 0 Å². The van der Waals surface area contributed by atoms with Crippen LogP contribution in [0.3, 0.4) is 0 Å². The molecule has 0 fully saturated rings. The van der Waals surface area contributed by atoms with Crippen LogP contribution in [-0.4, -0.2) is 4.57 Å². The topological polar surface area (TPSA) is 4.93 Å². The van der Waals surface area contributed by atoms with Gasteiger partial charge >= 0.3 is 0 Å². The molecule has 24 heavy (non-hydrogen) atoms. The SMILES string of the molecule is c1ccc(CCCn2c(-c3ccccc3)cc3ccccc32)cc1. The highest BCUT2D eigenvalue weighted by Gasteiger charge is 2.09. The molecular formula is C23H21N. The number of hydrogen-bond donors (Lipinski definition) is 0. The Morgan fingerprint density at radius 3 is 2.12 bits per heavy atom. The van der Waals surface area contributed by atoms with E-state index in [0.717, 1.165) is 19.4 Å². The summed E-state index contributed by atoms with van der Waals surface area (Å²) in [4.78, 5) is 0. The fourth-order valence-corrected chi connectivity index (χ4v) is 3.39. The lowest BCUT2D eigenvalue weighted by molar-refractivity contribution is 0.667. The van der Waals surface area contributed by atoms with Gasteiger partial charge in [0.05, 0.1) is 0 Å². The van der Waals surface area contributed by atoms with Crippen molar-refractivity contribution in [2.24, 2.45) is 0 Å². The molecule has 0 bridgehead atoms. The maximum Gasteiger partial charge on any atom is 0.0491 e. The molecule has 0 atom stereocenters. The molecule has 1 nitrogen and oxygen atoms in total. The molecule has 0 aliphatic rings. The Morgan fingerprint density at radius 2 is 1.33 bits per heavy atom. The first-order chi connectivity index (χ1) is 11.9. The lowest BCUT2D eigenvalue weighted by atomic mass is 10.1. The zero-order valence-electron chi connectivity index (χ0n) is 13.7. The molecule has 4 aromatic rings. The van der Waals surface area contributed by atoms with Crippen molar-refractivity contribution >= 4 is 10.9 Å². The van der Waals surface area contributed by atoms with Crippen LogP contribution in [0, 0.1) is 0 Å². The monoisotopic (exact) mass is 311 g/mol. The van der Waals surface area contributed by atoms with E-state index in [1.54, 1.807) is 0 Å². The number of aryl methyl sites for hydroxylation is 2. The van der Waals surface area contributed by atoms with E-state index < -0.39 is 0 Å². The molecule has 118 valence electrons. The average Bonchev–Trinajstić information content (AvgIpc) is 3.02. The number of benzene rings is 3. The third-order valence-corrected chi connectivity index (χ3v) is 4.57. The second-order valence-corrected chi connectivity index (χ2v) is 6.20. The van der Waals surface area contributed by atoms with Crippen molar-refractivity contribution in [3.05, 3.63) is 96.6 Å². The molecule has 4 rings (SSSR count). The minimum absolute atomic E-state index is 1.03. The van der Waals surface area contributed by atoms with Crippen LogP contribution in [0.15, 0.2) is 91.0 Å². The van der Waals surface area contributed by atoms with Gasteiger partial charge in [-0.05, 0) is 36.1 Å². The van der Waals surface area contributed by atoms with Gasteiger partial charge in [0.1, 0.15) is 0 Å². The maximum absolute atomic E-state index is 2.47. The van der Waals surface area contributed by atoms with Crippen LogP contribution >= 0.6 is 0 Å². The highest BCUT2D eigenvalue weighted by atomic mass is 15.0. The highest BCUT2D eigenvalue weighted by molar-refractivity contribution is 5.87. The second-order valence-electron chi connectivity index (χ2n) is 6.20. The van der Waals surface area contributed by atoms with Crippen LogP contribution in [0.2, 0.25) is 0 Å². The third-order valence-electron chi connectivity index (χ3n) is 4.57. The van der Waals surface area contributed by atoms with Crippen molar-refractivity contribution < 1.29 is 0 Å². The molecule has 0 unspecified atom stereocenters. The minimum atomic E-state index is 1.03. The summed E-state index contributed by atoms with van der Waals surface area (Å²) in [5.74, 6) is 0. The minimum Gasteiger partial charge on any atom is -0.340 e. The van der Waals surface area contributed by atoms with E-state index in [1.165, 1.54) is 27.7 Å². The van der Waals surface area contributed by atoms with Gasteiger partial charge in [0, 0.05) is 23.1 Å². The van der Waals surface area contributed by atoms with Crippen molar-refractivity contribution in [2.45, 2.75) is 19.4 Å². The van der Waals surface area contributed by atoms with Crippen molar-refractivity contribution in [3.8, 4) is 11.3 Å². The maximum atomic E-state index is 2.47. The first-order valence-corrected chi connectivity index (χ1v) is 8.59. The smallest absolute Gasteiger partial charge is 0.0491 e. The molecule has 0 amide bonds. The Kier molecular flexibility index (Phi) is 4.16. The Bertz CT molecular complexity index is 920. The van der Waals surface area contributed by atoms with E-state index in [2.05, 4.69) is 95.6 Å². The van der Waals surface area contributed by atoms with Crippen LogP contribution < -0.4 is 0 Å². The van der Waals surface area contributed by atoms with Crippen LogP contribution in [0.1, 0.15) is 12.0 Å². The summed E-state index contributed by atoms with van der Waals surface area (Å²) in [7, 11) is 0. The van der Waals surface area contributed by atoms with E-state index in [0.29, 0.717) is 0 Å². The highest BCUT2D eigenvalue weighted by Crippen LogP contribution is 2.28. The number of fused-ring (bicyclic) bond motifs is 1. The molecule has 1 aromatic heterocycles. The fraction of sp³-hybridized carbons (Fsp3) is 0.130. The Morgan fingerprint density at radius 1 is 0.667 bits per heavy atom. The lowest BCUT2D eigenvalue weighted by Crippen LogP contribution is -2.01. The molecule has 0 aliphatic heterocycles. The van der Waals surface area contributed by atoms with Crippen molar-refractivity contribution in [3.63, 3.8) is 0 Å². The van der Waals surface area contributed by atoms with Gasteiger partial charge in [0.2, 0.25) is 0 Å². The average molecular weight is 311 g/mol. The molecule has 0 N–H and O–H groups in total. The van der Waals surface area contributed by atoms with E-state index in [9.17, 15) is 0 Å². The van der Waals surface area contributed by atoms with Gasteiger partial charge in [0.25, 0.3) is 0 Å². The fourth-order valence-electron chi connectivity index (χ4n) is 3.39. The largest absolute Gasteiger partial charge is 0.340 e. The van der Waals surface area contributed by atoms with Crippen molar-refractivity contribution in [1.29, 1.82) is 0 Å². The first-order valence-electron chi connectivity index (χ1n) is 8.59. The Labute approximate surface area is 143 Å². The van der Waals surface area contributed by atoms with E-state index in [4.69, 9.17) is 0 Å². The normalized spacial score (nSPS) is 11.0. The summed E-state index contributed by atoms with van der Waals surface area (Å²) in [6.45, 7) is 1.03. The molecule has 0 radical (unpaired) electrons. The predicted octanol–water partition coefficient (Wildman–Crippen LogP) is 5.94. The first kappa shape index (κ1) is 14.8. The van der Waals surface area contributed by atoms with Crippen LogP contribution in [0.4, 0.5) is 0 Å². The Hall–Kier alpha value is -2.80. The number of nitrogens with zero attached hydrogens (tertiary/aromatic N) is 1. The number of hydrogen-bond acceptors (Lipinski definition) is 0. The lowest BCUT2D eigenvalue weighted by Gasteiger charge is -2.11. The number of aromatic nitrogens is 1. The summed E-state index contributed by atoms with van der Waals surface area (Å²) in [6.07, 6.45) is 2.25. The molecule has 1 heteroatoms. The zero-order valence-corrected chi connectivity index (χ0v) is 13.7. The van der Waals surface area contributed by atoms with E-state index >= 15 is 0 Å². The van der Waals surface area contributed by atoms with Gasteiger partial charge in [-0.3, -0.25) is 0 Å². The van der Waals surface area contributed by atoms with Gasteiger partial charge in [-0.2, -0.15) is 0 Å². The zero-order chi connectivity index (χ0) is 16.2. The number of rotatable bonds is 5. The summed E-state index contributed by atoms with van der Waals surface area (Å²) >= 11 is 0. The van der Waals surface area contributed by atoms with Gasteiger partial charge < -0.3 is 4.57 Å². The Balaban J connectivity index is 1.65. The van der Waals surface area contributed by atoms with Gasteiger partial charge in [-0.25, -0.2) is 0 Å². The summed E-state index contributed by atoms with van der Waals surface area (Å²) in [5, 5.41) is 1.32. The van der Waals surface area contributed by atoms with E-state index in [-0.39, 0.29) is 0 Å². The standard InChI is InChI=1S/C23H21N/c1-3-10-19(11-4-1)12-9-17-24-22-16-8-7-15-21(22)18-23(24)20-13-5-2-6-14-20/h1-8,10-11,13-16,18H,9,12,17H2. The van der Waals surface area contributed by atoms with Crippen LogP contribution in [0.5, 0.6) is 0 Å². The molecule has 3 aromatic carbocycles. The summed E-state index contributed by atoms with van der Waals surface area (Å²) in [5.41, 5.74) is 5.33. The quantitative estimate of drug-likeness (QED) is 0.430. The molecule has 0 saturated carbocycles. The van der Waals surface area contributed by atoms with Crippen molar-refractivity contribution in [1.82, 2.24) is 4.57 Å². The predicted molar refractivity (Wildman–Crippen MR) is 102 cm³/mol. The molecule has 0 aliphatic carbocycles. The molecule has 0 spiro atoms. The van der Waals surface area contributed by atoms with Crippen molar-refractivity contribution in [2.75, 3.05) is 0 Å². The number of para-hydroxylation sites is 1.